The lowest BCUT2D eigenvalue weighted by Gasteiger charge is -2.36. The smallest absolute Gasteiger partial charge is 0.404 e. The van der Waals surface area contributed by atoms with Crippen LogP contribution in [0, 0.1) is 5.92 Å². The summed E-state index contributed by atoms with van der Waals surface area (Å²) in [4.78, 5) is 13.1. The summed E-state index contributed by atoms with van der Waals surface area (Å²) < 4.78 is 5.94. The molecule has 5 nitrogen and oxygen atoms in total. The summed E-state index contributed by atoms with van der Waals surface area (Å²) >= 11 is 5.92. The van der Waals surface area contributed by atoms with Crippen LogP contribution in [0.1, 0.15) is 31.4 Å². The number of benzene rings is 2. The van der Waals surface area contributed by atoms with E-state index in [0.717, 1.165) is 37.4 Å². The van der Waals surface area contributed by atoms with Gasteiger partial charge in [0.1, 0.15) is 11.5 Å². The maximum atomic E-state index is 10.6. The van der Waals surface area contributed by atoms with Crippen molar-refractivity contribution in [1.82, 2.24) is 10.2 Å². The number of hydrogen-bond donors (Lipinski definition) is 2. The fraction of sp³-hybridized carbons (Fsp3) is 0.381. The van der Waals surface area contributed by atoms with Gasteiger partial charge in [0.25, 0.3) is 0 Å². The lowest BCUT2D eigenvalue weighted by molar-refractivity contribution is 0.137. The Bertz CT molecular complexity index is 758. The van der Waals surface area contributed by atoms with Crippen LogP contribution in [-0.2, 0) is 0 Å². The summed E-state index contributed by atoms with van der Waals surface area (Å²) in [6, 6.07) is 15.8. The van der Waals surface area contributed by atoms with Crippen molar-refractivity contribution >= 4 is 17.7 Å². The van der Waals surface area contributed by atoms with Gasteiger partial charge in [-0.15, -0.1) is 0 Å². The minimum atomic E-state index is -0.941. The second-order valence-electron chi connectivity index (χ2n) is 6.97. The first kappa shape index (κ1) is 19.5. The van der Waals surface area contributed by atoms with Gasteiger partial charge in [-0.05, 0) is 80.7 Å². The first-order chi connectivity index (χ1) is 13.0. The SMILES string of the molecule is CC(c1cccc(Oc2ccc(Cl)cc2)c1)N1CCC(CNC(=O)O)CC1. The zero-order valence-electron chi connectivity index (χ0n) is 15.4. The van der Waals surface area contributed by atoms with E-state index in [2.05, 4.69) is 29.3 Å². The quantitative estimate of drug-likeness (QED) is 0.716. The summed E-state index contributed by atoms with van der Waals surface area (Å²) in [7, 11) is 0. The molecule has 0 aliphatic carbocycles. The number of rotatable bonds is 6. The molecule has 0 aromatic heterocycles. The molecule has 0 saturated carbocycles. The van der Waals surface area contributed by atoms with Crippen LogP contribution in [-0.4, -0.2) is 35.7 Å². The molecule has 1 aliphatic rings. The number of likely N-dealkylation sites (tertiary alicyclic amines) is 1. The number of ether oxygens (including phenoxy) is 1. The topological polar surface area (TPSA) is 61.8 Å². The average Bonchev–Trinajstić information content (AvgIpc) is 2.68. The molecular weight excluding hydrogens is 364 g/mol. The first-order valence-corrected chi connectivity index (χ1v) is 9.63. The first-order valence-electron chi connectivity index (χ1n) is 9.25. The molecule has 1 saturated heterocycles. The molecular formula is C21H25ClN2O3. The van der Waals surface area contributed by atoms with Crippen molar-refractivity contribution in [2.24, 2.45) is 5.92 Å². The number of nitrogens with zero attached hydrogens (tertiary/aromatic N) is 1. The number of amides is 1. The molecule has 0 spiro atoms. The van der Waals surface area contributed by atoms with Crippen molar-refractivity contribution in [3.05, 3.63) is 59.1 Å². The number of carbonyl (C=O) groups is 1. The predicted molar refractivity (Wildman–Crippen MR) is 107 cm³/mol. The van der Waals surface area contributed by atoms with Gasteiger partial charge in [-0.2, -0.15) is 0 Å². The van der Waals surface area contributed by atoms with Gasteiger partial charge in [0.2, 0.25) is 0 Å². The maximum Gasteiger partial charge on any atom is 0.404 e. The predicted octanol–water partition coefficient (Wildman–Crippen LogP) is 5.17. The zero-order chi connectivity index (χ0) is 19.2. The highest BCUT2D eigenvalue weighted by Gasteiger charge is 2.24. The third-order valence-corrected chi connectivity index (χ3v) is 5.38. The molecule has 1 unspecified atom stereocenters. The monoisotopic (exact) mass is 388 g/mol. The van der Waals surface area contributed by atoms with Crippen LogP contribution in [0.4, 0.5) is 4.79 Å². The Balaban J connectivity index is 1.58. The Labute approximate surface area is 164 Å². The molecule has 27 heavy (non-hydrogen) atoms. The Morgan fingerprint density at radius 2 is 1.93 bits per heavy atom. The lowest BCUT2D eigenvalue weighted by Crippen LogP contribution is -2.39. The van der Waals surface area contributed by atoms with Crippen molar-refractivity contribution in [3.8, 4) is 11.5 Å². The van der Waals surface area contributed by atoms with Crippen molar-refractivity contribution in [3.63, 3.8) is 0 Å². The molecule has 6 heteroatoms. The molecule has 1 atom stereocenters. The highest BCUT2D eigenvalue weighted by molar-refractivity contribution is 6.30. The van der Waals surface area contributed by atoms with E-state index >= 15 is 0 Å². The van der Waals surface area contributed by atoms with Gasteiger partial charge in [0, 0.05) is 17.6 Å². The Morgan fingerprint density at radius 3 is 2.59 bits per heavy atom. The van der Waals surface area contributed by atoms with E-state index in [0.29, 0.717) is 17.5 Å². The normalized spacial score (nSPS) is 16.7. The molecule has 2 N–H and O–H groups in total. The average molecular weight is 389 g/mol. The van der Waals surface area contributed by atoms with Crippen LogP contribution in [0.3, 0.4) is 0 Å². The fourth-order valence-corrected chi connectivity index (χ4v) is 3.59. The minimum Gasteiger partial charge on any atom is -0.465 e. The summed E-state index contributed by atoms with van der Waals surface area (Å²) in [5, 5.41) is 11.9. The standard InChI is InChI=1S/C21H25ClN2O3/c1-15(24-11-9-16(10-12-24)14-23-21(25)26)17-3-2-4-20(13-17)27-19-7-5-18(22)6-8-19/h2-8,13,15-16,23H,9-12,14H2,1H3,(H,25,26). The van der Waals surface area contributed by atoms with E-state index in [1.165, 1.54) is 5.56 Å². The van der Waals surface area contributed by atoms with Gasteiger partial charge in [0.05, 0.1) is 0 Å². The van der Waals surface area contributed by atoms with E-state index in [9.17, 15) is 4.79 Å². The third-order valence-electron chi connectivity index (χ3n) is 5.13. The second-order valence-corrected chi connectivity index (χ2v) is 7.41. The summed E-state index contributed by atoms with van der Waals surface area (Å²) in [5.41, 5.74) is 1.21. The van der Waals surface area contributed by atoms with Gasteiger partial charge in [0.15, 0.2) is 0 Å². The number of carboxylic acid groups (broad SMARTS) is 1. The highest BCUT2D eigenvalue weighted by Crippen LogP contribution is 2.30. The van der Waals surface area contributed by atoms with E-state index in [1.54, 1.807) is 0 Å². The largest absolute Gasteiger partial charge is 0.465 e. The molecule has 1 fully saturated rings. The minimum absolute atomic E-state index is 0.284. The molecule has 2 aromatic carbocycles. The van der Waals surface area contributed by atoms with E-state index in [4.69, 9.17) is 21.4 Å². The van der Waals surface area contributed by atoms with Gasteiger partial charge in [-0.1, -0.05) is 23.7 Å². The Morgan fingerprint density at radius 1 is 1.22 bits per heavy atom. The maximum absolute atomic E-state index is 10.6. The molecule has 1 amide bonds. The number of nitrogens with one attached hydrogen (secondary N) is 1. The highest BCUT2D eigenvalue weighted by atomic mass is 35.5. The summed E-state index contributed by atoms with van der Waals surface area (Å²) in [5.74, 6) is 1.99. The van der Waals surface area contributed by atoms with Crippen LogP contribution in [0.5, 0.6) is 11.5 Å². The third kappa shape index (κ3) is 5.62. The van der Waals surface area contributed by atoms with Crippen LogP contribution in [0.2, 0.25) is 5.02 Å². The summed E-state index contributed by atoms with van der Waals surface area (Å²) in [6.45, 7) is 4.68. The molecule has 2 aromatic rings. The van der Waals surface area contributed by atoms with Crippen LogP contribution >= 0.6 is 11.6 Å². The van der Waals surface area contributed by atoms with Crippen LogP contribution in [0.25, 0.3) is 0 Å². The number of hydrogen-bond acceptors (Lipinski definition) is 3. The molecule has 0 radical (unpaired) electrons. The van der Waals surface area contributed by atoms with E-state index in [-0.39, 0.29) is 6.04 Å². The van der Waals surface area contributed by atoms with Crippen LogP contribution in [0.15, 0.2) is 48.5 Å². The van der Waals surface area contributed by atoms with E-state index in [1.807, 2.05) is 36.4 Å². The van der Waals surface area contributed by atoms with Gasteiger partial charge in [-0.25, -0.2) is 4.79 Å². The molecule has 144 valence electrons. The van der Waals surface area contributed by atoms with Gasteiger partial charge in [-0.3, -0.25) is 4.90 Å². The number of piperidine rings is 1. The van der Waals surface area contributed by atoms with Gasteiger partial charge < -0.3 is 15.2 Å². The second kappa shape index (κ2) is 9.11. The Kier molecular flexibility index (Phi) is 6.58. The summed E-state index contributed by atoms with van der Waals surface area (Å²) in [6.07, 6.45) is 1.07. The van der Waals surface area contributed by atoms with Crippen molar-refractivity contribution < 1.29 is 14.6 Å². The Hall–Kier alpha value is -2.24. The molecule has 1 aliphatic heterocycles. The molecule has 0 bridgehead atoms. The van der Waals surface area contributed by atoms with Gasteiger partial charge >= 0.3 is 6.09 Å². The van der Waals surface area contributed by atoms with Crippen molar-refractivity contribution in [2.75, 3.05) is 19.6 Å². The zero-order valence-corrected chi connectivity index (χ0v) is 16.2. The fourth-order valence-electron chi connectivity index (χ4n) is 3.46. The van der Waals surface area contributed by atoms with Crippen molar-refractivity contribution in [1.29, 1.82) is 0 Å². The number of halogens is 1. The molecule has 1 heterocycles. The lowest BCUT2D eigenvalue weighted by atomic mass is 9.94. The van der Waals surface area contributed by atoms with Crippen molar-refractivity contribution in [2.45, 2.75) is 25.8 Å². The van der Waals surface area contributed by atoms with Crippen LogP contribution < -0.4 is 10.1 Å². The molecule has 3 rings (SSSR count). The van der Waals surface area contributed by atoms with E-state index < -0.39 is 6.09 Å².